The average molecular weight is 167 g/mol. The van der Waals surface area contributed by atoms with Crippen LogP contribution in [0.15, 0.2) is 24.4 Å². The van der Waals surface area contributed by atoms with E-state index in [1.165, 1.54) is 0 Å². The zero-order valence-electron chi connectivity index (χ0n) is 8.18. The number of hydrogen-bond donors (Lipinski definition) is 0. The van der Waals surface area contributed by atoms with Gasteiger partial charge in [-0.05, 0) is 13.8 Å². The van der Waals surface area contributed by atoms with Crippen LogP contribution in [0.1, 0.15) is 27.2 Å². The summed E-state index contributed by atoms with van der Waals surface area (Å²) >= 11 is 0. The van der Waals surface area contributed by atoms with Crippen LogP contribution < -0.4 is 0 Å². The molecule has 0 aliphatic heterocycles. The third-order valence-electron chi connectivity index (χ3n) is 1.49. The van der Waals surface area contributed by atoms with E-state index in [0.717, 1.165) is 11.3 Å². The maximum Gasteiger partial charge on any atom is 0.226 e. The van der Waals surface area contributed by atoms with Gasteiger partial charge >= 0.3 is 0 Å². The Morgan fingerprint density at radius 2 is 1.83 bits per heavy atom. The summed E-state index contributed by atoms with van der Waals surface area (Å²) in [4.78, 5) is 13.0. The first-order valence-electron chi connectivity index (χ1n) is 4.09. The second-order valence-corrected chi connectivity index (χ2v) is 3.03. The second kappa shape index (κ2) is 4.75. The smallest absolute Gasteiger partial charge is 0.226 e. The summed E-state index contributed by atoms with van der Waals surface area (Å²) in [5, 5.41) is 0. The lowest BCUT2D eigenvalue weighted by Crippen LogP contribution is -2.29. The van der Waals surface area contributed by atoms with Crippen molar-refractivity contribution >= 4 is 5.91 Å². The van der Waals surface area contributed by atoms with Crippen LogP contribution in [-0.2, 0) is 4.79 Å². The minimum Gasteiger partial charge on any atom is -0.313 e. The number of allylic oxidation sites excluding steroid dienone is 1. The first-order valence-corrected chi connectivity index (χ1v) is 4.09. The van der Waals surface area contributed by atoms with Gasteiger partial charge in [0.05, 0.1) is 0 Å². The van der Waals surface area contributed by atoms with Crippen LogP contribution in [0.3, 0.4) is 0 Å². The SMILES string of the molecule is C=C(C)CN(C(=C)C)C(=O)CC. The van der Waals surface area contributed by atoms with Crippen molar-refractivity contribution < 1.29 is 4.79 Å². The highest BCUT2D eigenvalue weighted by Crippen LogP contribution is 2.06. The van der Waals surface area contributed by atoms with Gasteiger partial charge in [0.2, 0.25) is 5.91 Å². The van der Waals surface area contributed by atoms with Crippen molar-refractivity contribution in [1.29, 1.82) is 0 Å². The average Bonchev–Trinajstić information content (AvgIpc) is 1.98. The summed E-state index contributed by atoms with van der Waals surface area (Å²) in [6.45, 7) is 13.7. The zero-order chi connectivity index (χ0) is 9.72. The zero-order valence-corrected chi connectivity index (χ0v) is 8.18. The maximum absolute atomic E-state index is 11.3. The minimum absolute atomic E-state index is 0.102. The molecular weight excluding hydrogens is 150 g/mol. The number of rotatable bonds is 4. The molecule has 68 valence electrons. The molecule has 0 saturated heterocycles. The van der Waals surface area contributed by atoms with Gasteiger partial charge < -0.3 is 4.90 Å². The summed E-state index contributed by atoms with van der Waals surface area (Å²) in [5.74, 6) is 0.102. The molecule has 0 fully saturated rings. The molecule has 0 bridgehead atoms. The fourth-order valence-corrected chi connectivity index (χ4v) is 0.897. The van der Waals surface area contributed by atoms with Crippen LogP contribution in [-0.4, -0.2) is 17.4 Å². The Bertz CT molecular complexity index is 206. The fourth-order valence-electron chi connectivity index (χ4n) is 0.897. The largest absolute Gasteiger partial charge is 0.313 e. The summed E-state index contributed by atoms with van der Waals surface area (Å²) in [6, 6.07) is 0. The number of amides is 1. The molecule has 0 aliphatic carbocycles. The molecule has 0 aromatic rings. The summed E-state index contributed by atoms with van der Waals surface area (Å²) in [5.41, 5.74) is 1.75. The van der Waals surface area contributed by atoms with E-state index in [9.17, 15) is 4.79 Å². The molecule has 0 saturated carbocycles. The van der Waals surface area contributed by atoms with Gasteiger partial charge in [-0.25, -0.2) is 0 Å². The van der Waals surface area contributed by atoms with E-state index in [4.69, 9.17) is 0 Å². The van der Waals surface area contributed by atoms with Gasteiger partial charge in [0.1, 0.15) is 0 Å². The van der Waals surface area contributed by atoms with Crippen molar-refractivity contribution in [2.45, 2.75) is 27.2 Å². The molecule has 0 radical (unpaired) electrons. The van der Waals surface area contributed by atoms with Crippen LogP contribution in [0.25, 0.3) is 0 Å². The third kappa shape index (κ3) is 3.37. The molecule has 0 aromatic heterocycles. The molecule has 0 atom stereocenters. The third-order valence-corrected chi connectivity index (χ3v) is 1.49. The number of hydrogen-bond acceptors (Lipinski definition) is 1. The van der Waals surface area contributed by atoms with Crippen molar-refractivity contribution in [2.75, 3.05) is 6.54 Å². The molecule has 0 aliphatic rings. The van der Waals surface area contributed by atoms with Crippen LogP contribution in [0.2, 0.25) is 0 Å². The molecule has 12 heavy (non-hydrogen) atoms. The maximum atomic E-state index is 11.3. The Labute approximate surface area is 74.6 Å². The van der Waals surface area contributed by atoms with Gasteiger partial charge in [0, 0.05) is 18.7 Å². The van der Waals surface area contributed by atoms with E-state index >= 15 is 0 Å². The molecule has 1 amide bonds. The van der Waals surface area contributed by atoms with Crippen molar-refractivity contribution in [2.24, 2.45) is 0 Å². The first kappa shape index (κ1) is 11.0. The molecule has 0 unspecified atom stereocenters. The molecule has 2 heteroatoms. The quantitative estimate of drug-likeness (QED) is 0.588. The molecule has 0 aromatic carbocycles. The predicted molar refractivity (Wildman–Crippen MR) is 51.6 cm³/mol. The Morgan fingerprint density at radius 3 is 2.08 bits per heavy atom. The van der Waals surface area contributed by atoms with Gasteiger partial charge in [-0.3, -0.25) is 4.79 Å². The van der Waals surface area contributed by atoms with Gasteiger partial charge in [0.25, 0.3) is 0 Å². The van der Waals surface area contributed by atoms with E-state index in [-0.39, 0.29) is 5.91 Å². The van der Waals surface area contributed by atoms with Crippen LogP contribution in [0.5, 0.6) is 0 Å². The van der Waals surface area contributed by atoms with Crippen molar-refractivity contribution in [3.8, 4) is 0 Å². The predicted octanol–water partition coefficient (Wildman–Crippen LogP) is 2.33. The van der Waals surface area contributed by atoms with E-state index in [0.29, 0.717) is 13.0 Å². The van der Waals surface area contributed by atoms with Crippen LogP contribution >= 0.6 is 0 Å². The van der Waals surface area contributed by atoms with Crippen molar-refractivity contribution in [3.63, 3.8) is 0 Å². The van der Waals surface area contributed by atoms with E-state index in [1.54, 1.807) is 4.90 Å². The Morgan fingerprint density at radius 1 is 1.33 bits per heavy atom. The summed E-state index contributed by atoms with van der Waals surface area (Å²) in [7, 11) is 0. The standard InChI is InChI=1S/C10H17NO/c1-6-10(12)11(9(4)5)7-8(2)3/h2,4,6-7H2,1,3,5H3. The molecule has 0 rings (SSSR count). The lowest BCUT2D eigenvalue weighted by Gasteiger charge is -2.21. The Kier molecular flexibility index (Phi) is 4.34. The van der Waals surface area contributed by atoms with E-state index in [2.05, 4.69) is 13.2 Å². The van der Waals surface area contributed by atoms with Gasteiger partial charge in [-0.1, -0.05) is 25.7 Å². The molecule has 0 spiro atoms. The topological polar surface area (TPSA) is 20.3 Å². The van der Waals surface area contributed by atoms with Gasteiger partial charge in [-0.15, -0.1) is 0 Å². The van der Waals surface area contributed by atoms with E-state index < -0.39 is 0 Å². The van der Waals surface area contributed by atoms with Crippen molar-refractivity contribution in [1.82, 2.24) is 4.90 Å². The minimum atomic E-state index is 0.102. The monoisotopic (exact) mass is 167 g/mol. The van der Waals surface area contributed by atoms with E-state index in [1.807, 2.05) is 20.8 Å². The first-order chi connectivity index (χ1) is 5.49. The number of carbonyl (C=O) groups excluding carboxylic acids is 1. The highest BCUT2D eigenvalue weighted by Gasteiger charge is 2.10. The molecule has 0 heterocycles. The normalized spacial score (nSPS) is 9.25. The highest BCUT2D eigenvalue weighted by atomic mass is 16.2. The van der Waals surface area contributed by atoms with Crippen LogP contribution in [0, 0.1) is 0 Å². The fraction of sp³-hybridized carbons (Fsp3) is 0.500. The number of carbonyl (C=O) groups is 1. The lowest BCUT2D eigenvalue weighted by atomic mass is 10.2. The summed E-state index contributed by atoms with van der Waals surface area (Å²) in [6.07, 6.45) is 0.514. The second-order valence-electron chi connectivity index (χ2n) is 3.03. The lowest BCUT2D eigenvalue weighted by molar-refractivity contribution is -0.128. The molecular formula is C10H17NO. The summed E-state index contributed by atoms with van der Waals surface area (Å²) < 4.78 is 0. The number of nitrogens with zero attached hydrogens (tertiary/aromatic N) is 1. The van der Waals surface area contributed by atoms with Crippen LogP contribution in [0.4, 0.5) is 0 Å². The van der Waals surface area contributed by atoms with Crippen molar-refractivity contribution in [3.05, 3.63) is 24.4 Å². The highest BCUT2D eigenvalue weighted by molar-refractivity contribution is 5.77. The Balaban J connectivity index is 4.33. The Hall–Kier alpha value is -1.05. The molecule has 0 N–H and O–H groups in total. The van der Waals surface area contributed by atoms with Gasteiger partial charge in [0.15, 0.2) is 0 Å². The molecule has 2 nitrogen and oxygen atoms in total. The van der Waals surface area contributed by atoms with Gasteiger partial charge in [-0.2, -0.15) is 0 Å².